The van der Waals surface area contributed by atoms with E-state index in [2.05, 4.69) is 96.6 Å². The van der Waals surface area contributed by atoms with Gasteiger partial charge in [-0.25, -0.2) is 0 Å². The summed E-state index contributed by atoms with van der Waals surface area (Å²) in [6, 6.07) is 19.1. The fourth-order valence-corrected chi connectivity index (χ4v) is 5.27. The predicted molar refractivity (Wildman–Crippen MR) is 124 cm³/mol. The fraction of sp³-hybridized carbons (Fsp3) is 0.269. The molecule has 0 spiro atoms. The van der Waals surface area contributed by atoms with Crippen LogP contribution in [0.3, 0.4) is 0 Å². The Morgan fingerprint density at radius 3 is 2.62 bits per heavy atom. The molecule has 29 heavy (non-hydrogen) atoms. The molecule has 2 aliphatic rings. The zero-order valence-corrected chi connectivity index (χ0v) is 18.6. The highest BCUT2D eigenvalue weighted by Crippen LogP contribution is 2.52. The normalized spacial score (nSPS) is 20.3. The third kappa shape index (κ3) is 3.03. The number of aryl methyl sites for hydroxylation is 1. The summed E-state index contributed by atoms with van der Waals surface area (Å²) >= 11 is 3.67. The summed E-state index contributed by atoms with van der Waals surface area (Å²) in [6.07, 6.45) is 1.51. The number of benzene rings is 3. The Morgan fingerprint density at radius 2 is 1.83 bits per heavy atom. The molecule has 0 saturated heterocycles. The lowest BCUT2D eigenvalue weighted by molar-refractivity contribution is -0.118. The smallest absolute Gasteiger partial charge is 0.162 e. The molecule has 3 aromatic rings. The molecule has 0 saturated carbocycles. The Morgan fingerprint density at radius 1 is 1.03 bits per heavy atom. The molecule has 1 atom stereocenters. The molecule has 3 heteroatoms. The topological polar surface area (TPSA) is 29.1 Å². The van der Waals surface area contributed by atoms with E-state index in [1.165, 1.54) is 27.5 Å². The summed E-state index contributed by atoms with van der Waals surface area (Å²) < 4.78 is 1.08. The van der Waals surface area contributed by atoms with Crippen LogP contribution >= 0.6 is 15.9 Å². The van der Waals surface area contributed by atoms with Gasteiger partial charge in [0.15, 0.2) is 5.78 Å². The summed E-state index contributed by atoms with van der Waals surface area (Å²) in [7, 11) is 0. The summed E-state index contributed by atoms with van der Waals surface area (Å²) in [6.45, 7) is 6.50. The Labute approximate surface area is 180 Å². The van der Waals surface area contributed by atoms with Gasteiger partial charge in [-0.3, -0.25) is 4.79 Å². The molecule has 0 fully saturated rings. The van der Waals surface area contributed by atoms with Crippen LogP contribution in [0.2, 0.25) is 0 Å². The van der Waals surface area contributed by atoms with Gasteiger partial charge >= 0.3 is 0 Å². The number of allylic oxidation sites excluding steroid dienone is 1. The summed E-state index contributed by atoms with van der Waals surface area (Å²) in [5.74, 6) is 0.268. The van der Waals surface area contributed by atoms with Crippen molar-refractivity contribution in [3.8, 4) is 0 Å². The zero-order valence-electron chi connectivity index (χ0n) is 17.0. The lowest BCUT2D eigenvalue weighted by Crippen LogP contribution is -2.33. The third-order valence-electron chi connectivity index (χ3n) is 6.27. The molecule has 1 heterocycles. The SMILES string of the molecule is Cc1ccc(C2Nc3ccc4ccccc4c3C3=C2C(=O)CC(C)(C)C3)cc1Br. The average molecular weight is 446 g/mol. The van der Waals surface area contributed by atoms with Crippen LogP contribution in [0.25, 0.3) is 16.3 Å². The molecular weight excluding hydrogens is 422 g/mol. The highest BCUT2D eigenvalue weighted by Gasteiger charge is 2.40. The standard InChI is InChI=1S/C26H24BrNO/c1-15-8-9-17(12-20(15)27)25-24-19(13-26(2,3)14-22(24)29)23-18-7-5-4-6-16(18)10-11-21(23)28-25/h4-12,25,28H,13-14H2,1-3H3. The maximum atomic E-state index is 13.4. The van der Waals surface area contributed by atoms with E-state index in [1.807, 2.05) is 0 Å². The minimum absolute atomic E-state index is 0.0279. The predicted octanol–water partition coefficient (Wildman–Crippen LogP) is 7.22. The molecular formula is C26H24BrNO. The van der Waals surface area contributed by atoms with E-state index in [-0.39, 0.29) is 17.2 Å². The van der Waals surface area contributed by atoms with Crippen LogP contribution in [0.1, 0.15) is 49.4 Å². The number of anilines is 1. The fourth-order valence-electron chi connectivity index (χ4n) is 4.88. The first-order chi connectivity index (χ1) is 13.8. The second-order valence-corrected chi connectivity index (χ2v) is 9.98. The van der Waals surface area contributed by atoms with Crippen molar-refractivity contribution in [1.29, 1.82) is 0 Å². The Bertz CT molecular complexity index is 1200. The number of nitrogens with one attached hydrogen (secondary N) is 1. The Balaban J connectivity index is 1.80. The monoisotopic (exact) mass is 445 g/mol. The van der Waals surface area contributed by atoms with E-state index >= 15 is 0 Å². The summed E-state index contributed by atoms with van der Waals surface area (Å²) in [5.41, 5.74) is 6.79. The molecule has 5 rings (SSSR count). The highest BCUT2D eigenvalue weighted by atomic mass is 79.9. The van der Waals surface area contributed by atoms with Gasteiger partial charge in [-0.1, -0.05) is 72.2 Å². The first-order valence-electron chi connectivity index (χ1n) is 10.1. The van der Waals surface area contributed by atoms with Crippen LogP contribution < -0.4 is 5.32 Å². The first kappa shape index (κ1) is 18.6. The van der Waals surface area contributed by atoms with Gasteiger partial charge in [0.1, 0.15) is 0 Å². The number of Topliss-reactive ketones (excluding diaryl/α,β-unsaturated/α-hetero) is 1. The Kier molecular flexibility index (Phi) is 4.22. The molecule has 0 aromatic heterocycles. The second kappa shape index (κ2) is 6.56. The minimum Gasteiger partial charge on any atom is -0.373 e. The van der Waals surface area contributed by atoms with Crippen molar-refractivity contribution < 1.29 is 4.79 Å². The van der Waals surface area contributed by atoms with Gasteiger partial charge in [-0.05, 0) is 58.4 Å². The van der Waals surface area contributed by atoms with Crippen molar-refractivity contribution in [2.75, 3.05) is 5.32 Å². The van der Waals surface area contributed by atoms with Crippen LogP contribution in [0, 0.1) is 12.3 Å². The van der Waals surface area contributed by atoms with Crippen molar-refractivity contribution in [1.82, 2.24) is 0 Å². The van der Waals surface area contributed by atoms with Crippen LogP contribution in [0.15, 0.2) is 64.6 Å². The molecule has 2 nitrogen and oxygen atoms in total. The van der Waals surface area contributed by atoms with E-state index < -0.39 is 0 Å². The molecule has 3 aromatic carbocycles. The number of fused-ring (bicyclic) bond motifs is 4. The van der Waals surface area contributed by atoms with Crippen LogP contribution in [0.5, 0.6) is 0 Å². The molecule has 0 radical (unpaired) electrons. The van der Waals surface area contributed by atoms with Crippen LogP contribution in [-0.2, 0) is 4.79 Å². The number of carbonyl (C=O) groups is 1. The summed E-state index contributed by atoms with van der Waals surface area (Å²) in [5, 5.41) is 6.15. The lowest BCUT2D eigenvalue weighted by Gasteiger charge is -2.40. The molecule has 1 N–H and O–H groups in total. The van der Waals surface area contributed by atoms with Crippen molar-refractivity contribution in [2.45, 2.75) is 39.7 Å². The first-order valence-corrected chi connectivity index (χ1v) is 10.9. The van der Waals surface area contributed by atoms with Crippen LogP contribution in [0.4, 0.5) is 5.69 Å². The van der Waals surface area contributed by atoms with Crippen molar-refractivity contribution >= 4 is 43.7 Å². The number of halogens is 1. The second-order valence-electron chi connectivity index (χ2n) is 9.13. The van der Waals surface area contributed by atoms with E-state index in [1.54, 1.807) is 0 Å². The van der Waals surface area contributed by atoms with Crippen LogP contribution in [-0.4, -0.2) is 5.78 Å². The summed E-state index contributed by atoms with van der Waals surface area (Å²) in [4.78, 5) is 13.4. The van der Waals surface area contributed by atoms with Gasteiger partial charge in [-0.2, -0.15) is 0 Å². The largest absolute Gasteiger partial charge is 0.373 e. The van der Waals surface area contributed by atoms with E-state index in [9.17, 15) is 4.79 Å². The zero-order chi connectivity index (χ0) is 20.3. The van der Waals surface area contributed by atoms with Crippen molar-refractivity contribution in [3.05, 3.63) is 81.3 Å². The number of carbonyl (C=O) groups excluding carboxylic acids is 1. The van der Waals surface area contributed by atoms with Gasteiger partial charge < -0.3 is 5.32 Å². The number of ketones is 1. The average Bonchev–Trinajstić information content (AvgIpc) is 2.68. The van der Waals surface area contributed by atoms with Crippen molar-refractivity contribution in [2.24, 2.45) is 5.41 Å². The number of hydrogen-bond acceptors (Lipinski definition) is 2. The van der Waals surface area contributed by atoms with E-state index in [4.69, 9.17) is 0 Å². The van der Waals surface area contributed by atoms with Gasteiger partial charge in [-0.15, -0.1) is 0 Å². The molecule has 0 amide bonds. The molecule has 1 aliphatic heterocycles. The maximum Gasteiger partial charge on any atom is 0.162 e. The van der Waals surface area contributed by atoms with Gasteiger partial charge in [0, 0.05) is 27.7 Å². The Hall–Kier alpha value is -2.39. The van der Waals surface area contributed by atoms with Gasteiger partial charge in [0.25, 0.3) is 0 Å². The third-order valence-corrected chi connectivity index (χ3v) is 7.12. The number of hydrogen-bond donors (Lipinski definition) is 1. The van der Waals surface area contributed by atoms with E-state index in [0.717, 1.165) is 27.7 Å². The van der Waals surface area contributed by atoms with E-state index in [0.29, 0.717) is 6.42 Å². The molecule has 1 aliphatic carbocycles. The quantitative estimate of drug-likeness (QED) is 0.428. The van der Waals surface area contributed by atoms with Gasteiger partial charge in [0.05, 0.1) is 6.04 Å². The van der Waals surface area contributed by atoms with Gasteiger partial charge in [0.2, 0.25) is 0 Å². The molecule has 146 valence electrons. The van der Waals surface area contributed by atoms with Crippen molar-refractivity contribution in [3.63, 3.8) is 0 Å². The highest BCUT2D eigenvalue weighted by molar-refractivity contribution is 9.10. The number of rotatable bonds is 1. The minimum atomic E-state index is -0.112. The molecule has 1 unspecified atom stereocenters. The maximum absolute atomic E-state index is 13.4. The lowest BCUT2D eigenvalue weighted by atomic mass is 9.68. The molecule has 0 bridgehead atoms.